The van der Waals surface area contributed by atoms with Crippen LogP contribution < -0.4 is 4.74 Å². The van der Waals surface area contributed by atoms with Gasteiger partial charge in [-0.1, -0.05) is 46.6 Å². The van der Waals surface area contributed by atoms with Crippen LogP contribution in [0.1, 0.15) is 35.0 Å². The van der Waals surface area contributed by atoms with Gasteiger partial charge < -0.3 is 4.74 Å². The van der Waals surface area contributed by atoms with Crippen LogP contribution in [0.25, 0.3) is 0 Å². The predicted octanol–water partition coefficient (Wildman–Crippen LogP) is 4.73. The minimum atomic E-state index is 0.428. The molecule has 2 aromatic rings. The van der Waals surface area contributed by atoms with E-state index in [9.17, 15) is 0 Å². The molecule has 1 aromatic carbocycles. The van der Waals surface area contributed by atoms with Crippen molar-refractivity contribution in [3.63, 3.8) is 0 Å². The van der Waals surface area contributed by atoms with Gasteiger partial charge in [-0.3, -0.25) is 4.68 Å². The summed E-state index contributed by atoms with van der Waals surface area (Å²) in [5.74, 6) is 0.926. The van der Waals surface area contributed by atoms with Crippen molar-refractivity contribution in [1.82, 2.24) is 9.78 Å². The van der Waals surface area contributed by atoms with Crippen LogP contribution in [0.5, 0.6) is 5.75 Å². The zero-order chi connectivity index (χ0) is 15.6. The van der Waals surface area contributed by atoms with Gasteiger partial charge in [-0.05, 0) is 37.0 Å². The highest BCUT2D eigenvalue weighted by atomic mass is 79.9. The highest BCUT2D eigenvalue weighted by molar-refractivity contribution is 9.08. The van der Waals surface area contributed by atoms with Crippen molar-refractivity contribution in [2.75, 3.05) is 0 Å². The van der Waals surface area contributed by atoms with E-state index in [1.807, 2.05) is 14.0 Å². The lowest BCUT2D eigenvalue weighted by Gasteiger charge is -2.14. The Kier molecular flexibility index (Phi) is 5.33. The Labute approximate surface area is 139 Å². The van der Waals surface area contributed by atoms with E-state index in [2.05, 4.69) is 47.0 Å². The number of halogens is 2. The molecule has 0 bridgehead atoms. The molecule has 0 N–H and O–H groups in total. The maximum atomic E-state index is 6.35. The van der Waals surface area contributed by atoms with Crippen molar-refractivity contribution in [1.29, 1.82) is 0 Å². The SMILES string of the molecule is CCc1nn(C)c(COc2c(C)cc(CBr)cc2C)c1Cl. The molecule has 1 heterocycles. The quantitative estimate of drug-likeness (QED) is 0.711. The summed E-state index contributed by atoms with van der Waals surface area (Å²) in [5, 5.41) is 5.98. The number of ether oxygens (including phenoxy) is 1. The van der Waals surface area contributed by atoms with Crippen LogP contribution in [0.15, 0.2) is 12.1 Å². The fourth-order valence-corrected chi connectivity index (χ4v) is 3.13. The molecule has 0 fully saturated rings. The van der Waals surface area contributed by atoms with Gasteiger partial charge in [0, 0.05) is 12.4 Å². The molecule has 114 valence electrons. The normalized spacial score (nSPS) is 11.0. The molecule has 0 saturated carbocycles. The highest BCUT2D eigenvalue weighted by Crippen LogP contribution is 2.28. The number of hydrogen-bond donors (Lipinski definition) is 0. The first kappa shape index (κ1) is 16.4. The number of rotatable bonds is 5. The maximum absolute atomic E-state index is 6.35. The third-order valence-corrected chi connectivity index (χ3v) is 4.61. The Morgan fingerprint density at radius 3 is 2.38 bits per heavy atom. The molecule has 0 aliphatic carbocycles. The molecule has 21 heavy (non-hydrogen) atoms. The van der Waals surface area contributed by atoms with Crippen molar-refractivity contribution >= 4 is 27.5 Å². The second-order valence-corrected chi connectivity index (χ2v) is 6.10. The molecule has 0 radical (unpaired) electrons. The topological polar surface area (TPSA) is 27.1 Å². The van der Waals surface area contributed by atoms with Gasteiger partial charge in [-0.15, -0.1) is 0 Å². The van der Waals surface area contributed by atoms with Crippen LogP contribution in [-0.4, -0.2) is 9.78 Å². The summed E-state index contributed by atoms with van der Waals surface area (Å²) < 4.78 is 7.82. The molecule has 1 aromatic heterocycles. The van der Waals surface area contributed by atoms with Crippen molar-refractivity contribution in [3.05, 3.63) is 45.2 Å². The van der Waals surface area contributed by atoms with E-state index in [4.69, 9.17) is 16.3 Å². The van der Waals surface area contributed by atoms with Crippen molar-refractivity contribution in [3.8, 4) is 5.75 Å². The van der Waals surface area contributed by atoms with Gasteiger partial charge in [0.1, 0.15) is 12.4 Å². The fourth-order valence-electron chi connectivity index (χ4n) is 2.46. The third-order valence-electron chi connectivity index (χ3n) is 3.53. The van der Waals surface area contributed by atoms with E-state index in [1.165, 1.54) is 5.56 Å². The van der Waals surface area contributed by atoms with Crippen molar-refractivity contribution in [2.24, 2.45) is 7.05 Å². The first-order valence-corrected chi connectivity index (χ1v) is 8.47. The molecule has 0 atom stereocenters. The highest BCUT2D eigenvalue weighted by Gasteiger charge is 2.14. The Morgan fingerprint density at radius 1 is 1.29 bits per heavy atom. The number of aryl methyl sites for hydroxylation is 4. The maximum Gasteiger partial charge on any atom is 0.131 e. The summed E-state index contributed by atoms with van der Waals surface area (Å²) in [6, 6.07) is 4.28. The average Bonchev–Trinajstić information content (AvgIpc) is 2.72. The number of benzene rings is 1. The standard InChI is InChI=1S/C16H20BrClN2O/c1-5-13-15(18)14(20(4)19-13)9-21-16-10(2)6-12(8-17)7-11(16)3/h6-7H,5,8-9H2,1-4H3. The van der Waals surface area contributed by atoms with Gasteiger partial charge in [0.25, 0.3) is 0 Å². The molecule has 0 spiro atoms. The van der Waals surface area contributed by atoms with Crippen LogP contribution >= 0.6 is 27.5 Å². The summed E-state index contributed by atoms with van der Waals surface area (Å²) in [6.07, 6.45) is 0.824. The molecule has 3 nitrogen and oxygen atoms in total. The Balaban J connectivity index is 2.23. The van der Waals surface area contributed by atoms with Gasteiger partial charge in [-0.2, -0.15) is 5.10 Å². The van der Waals surface area contributed by atoms with Gasteiger partial charge in [-0.25, -0.2) is 0 Å². The van der Waals surface area contributed by atoms with Crippen LogP contribution in [0.3, 0.4) is 0 Å². The van der Waals surface area contributed by atoms with Gasteiger partial charge >= 0.3 is 0 Å². The number of nitrogens with zero attached hydrogens (tertiary/aromatic N) is 2. The zero-order valence-electron chi connectivity index (χ0n) is 12.8. The molecule has 0 amide bonds. The number of hydrogen-bond acceptors (Lipinski definition) is 2. The minimum absolute atomic E-state index is 0.428. The summed E-state index contributed by atoms with van der Waals surface area (Å²) in [6.45, 7) is 6.61. The Hall–Kier alpha value is -1.000. The van der Waals surface area contributed by atoms with E-state index in [1.54, 1.807) is 4.68 Å². The lowest BCUT2D eigenvalue weighted by atomic mass is 10.1. The molecule has 0 aliphatic rings. The lowest BCUT2D eigenvalue weighted by Crippen LogP contribution is -2.05. The van der Waals surface area contributed by atoms with Crippen LogP contribution in [0.2, 0.25) is 5.02 Å². The first-order chi connectivity index (χ1) is 9.97. The van der Waals surface area contributed by atoms with Crippen molar-refractivity contribution in [2.45, 2.75) is 39.1 Å². The predicted molar refractivity (Wildman–Crippen MR) is 90.5 cm³/mol. The van der Waals surface area contributed by atoms with Gasteiger partial charge in [0.2, 0.25) is 0 Å². The van der Waals surface area contributed by atoms with Gasteiger partial charge in [0.05, 0.1) is 16.4 Å². The smallest absolute Gasteiger partial charge is 0.131 e. The van der Waals surface area contributed by atoms with E-state index < -0.39 is 0 Å². The van der Waals surface area contributed by atoms with Gasteiger partial charge in [0.15, 0.2) is 0 Å². The monoisotopic (exact) mass is 370 g/mol. The second kappa shape index (κ2) is 6.84. The van der Waals surface area contributed by atoms with Crippen molar-refractivity contribution < 1.29 is 4.74 Å². The molecule has 0 aliphatic heterocycles. The van der Waals surface area contributed by atoms with E-state index >= 15 is 0 Å². The Bertz CT molecular complexity index is 629. The summed E-state index contributed by atoms with van der Waals surface area (Å²) >= 11 is 9.84. The third kappa shape index (κ3) is 3.43. The van der Waals surface area contributed by atoms with Crippen LogP contribution in [0, 0.1) is 13.8 Å². The molecule has 0 unspecified atom stereocenters. The minimum Gasteiger partial charge on any atom is -0.487 e. The van der Waals surface area contributed by atoms with Crippen LogP contribution in [-0.2, 0) is 25.4 Å². The second-order valence-electron chi connectivity index (χ2n) is 5.17. The number of aromatic nitrogens is 2. The first-order valence-electron chi connectivity index (χ1n) is 6.97. The zero-order valence-corrected chi connectivity index (χ0v) is 15.2. The van der Waals surface area contributed by atoms with E-state index in [0.29, 0.717) is 11.6 Å². The molecule has 2 rings (SSSR count). The lowest BCUT2D eigenvalue weighted by molar-refractivity contribution is 0.291. The summed E-state index contributed by atoms with van der Waals surface area (Å²) in [7, 11) is 1.90. The average molecular weight is 372 g/mol. The van der Waals surface area contributed by atoms with E-state index in [0.717, 1.165) is 40.0 Å². The van der Waals surface area contributed by atoms with E-state index in [-0.39, 0.29) is 0 Å². The molecular formula is C16H20BrClN2O. The van der Waals surface area contributed by atoms with Crippen LogP contribution in [0.4, 0.5) is 0 Å². The summed E-state index contributed by atoms with van der Waals surface area (Å²) in [5.41, 5.74) is 5.36. The number of alkyl halides is 1. The molecular weight excluding hydrogens is 352 g/mol. The molecule has 0 saturated heterocycles. The molecule has 5 heteroatoms. The largest absolute Gasteiger partial charge is 0.487 e. The summed E-state index contributed by atoms with van der Waals surface area (Å²) in [4.78, 5) is 0. The fraction of sp³-hybridized carbons (Fsp3) is 0.438. The Morgan fingerprint density at radius 2 is 1.90 bits per heavy atom.